The first-order chi connectivity index (χ1) is 8.54. The van der Waals surface area contributed by atoms with Crippen LogP contribution in [0.3, 0.4) is 0 Å². The van der Waals surface area contributed by atoms with Crippen LogP contribution in [0.4, 0.5) is 5.82 Å². The first-order valence-electron chi connectivity index (χ1n) is 6.01. The maximum Gasteiger partial charge on any atom is 0.356 e. The zero-order valence-electron chi connectivity index (χ0n) is 11.1. The number of rotatable bonds is 7. The number of hydrogen-bond acceptors (Lipinski definition) is 5. The standard InChI is InChI=1S/C12H20N4O2/c1-4-16(9-5-8-15(2)3)11-7-6-10(12(17)18)13-14-11/h6-7H,4-5,8-9H2,1-3H3,(H,17,18). The molecule has 0 aliphatic carbocycles. The van der Waals surface area contributed by atoms with Crippen molar-refractivity contribution in [3.63, 3.8) is 0 Å². The van der Waals surface area contributed by atoms with Gasteiger partial charge in [0.25, 0.3) is 0 Å². The molecule has 0 atom stereocenters. The van der Waals surface area contributed by atoms with E-state index < -0.39 is 5.97 Å². The van der Waals surface area contributed by atoms with Crippen LogP contribution in [0.1, 0.15) is 23.8 Å². The van der Waals surface area contributed by atoms with Gasteiger partial charge in [-0.3, -0.25) is 0 Å². The van der Waals surface area contributed by atoms with Crippen molar-refractivity contribution < 1.29 is 9.90 Å². The Morgan fingerprint density at radius 2 is 2.00 bits per heavy atom. The average molecular weight is 252 g/mol. The first kappa shape index (κ1) is 14.4. The van der Waals surface area contributed by atoms with Crippen LogP contribution in [0.5, 0.6) is 0 Å². The van der Waals surface area contributed by atoms with Crippen LogP contribution < -0.4 is 4.90 Å². The normalized spacial score (nSPS) is 10.7. The maximum absolute atomic E-state index is 10.7. The fourth-order valence-electron chi connectivity index (χ4n) is 1.62. The second kappa shape index (κ2) is 6.90. The number of nitrogens with zero attached hydrogens (tertiary/aromatic N) is 4. The molecule has 0 unspecified atom stereocenters. The van der Waals surface area contributed by atoms with Crippen LogP contribution in [0, 0.1) is 0 Å². The van der Waals surface area contributed by atoms with Gasteiger partial charge in [0.15, 0.2) is 11.5 Å². The summed E-state index contributed by atoms with van der Waals surface area (Å²) in [4.78, 5) is 14.9. The molecule has 1 aromatic rings. The van der Waals surface area contributed by atoms with Crippen molar-refractivity contribution in [2.75, 3.05) is 38.6 Å². The van der Waals surface area contributed by atoms with Crippen molar-refractivity contribution in [3.05, 3.63) is 17.8 Å². The third-order valence-corrected chi connectivity index (χ3v) is 2.61. The molecule has 0 fully saturated rings. The number of carboxylic acid groups (broad SMARTS) is 1. The van der Waals surface area contributed by atoms with Crippen molar-refractivity contribution in [2.24, 2.45) is 0 Å². The molecule has 6 heteroatoms. The molecule has 0 saturated heterocycles. The lowest BCUT2D eigenvalue weighted by molar-refractivity contribution is 0.0689. The molecule has 1 heterocycles. The van der Waals surface area contributed by atoms with E-state index in [0.29, 0.717) is 0 Å². The maximum atomic E-state index is 10.7. The minimum Gasteiger partial charge on any atom is -0.476 e. The summed E-state index contributed by atoms with van der Waals surface area (Å²) in [7, 11) is 4.08. The van der Waals surface area contributed by atoms with Gasteiger partial charge in [-0.15, -0.1) is 10.2 Å². The number of anilines is 1. The minimum atomic E-state index is -1.05. The van der Waals surface area contributed by atoms with Crippen LogP contribution in [0.25, 0.3) is 0 Å². The molecule has 0 amide bonds. The largest absolute Gasteiger partial charge is 0.476 e. The summed E-state index contributed by atoms with van der Waals surface area (Å²) < 4.78 is 0. The molecule has 0 spiro atoms. The molecular weight excluding hydrogens is 232 g/mol. The molecule has 100 valence electrons. The van der Waals surface area contributed by atoms with Gasteiger partial charge < -0.3 is 14.9 Å². The predicted octanol–water partition coefficient (Wildman–Crippen LogP) is 0.953. The van der Waals surface area contributed by atoms with Gasteiger partial charge in [-0.25, -0.2) is 4.79 Å². The SMILES string of the molecule is CCN(CCCN(C)C)c1ccc(C(=O)O)nn1. The molecule has 0 aliphatic heterocycles. The Hall–Kier alpha value is -1.69. The van der Waals surface area contributed by atoms with E-state index in [1.165, 1.54) is 6.07 Å². The number of carbonyl (C=O) groups is 1. The van der Waals surface area contributed by atoms with Gasteiger partial charge in [-0.05, 0) is 46.1 Å². The summed E-state index contributed by atoms with van der Waals surface area (Å²) in [5.74, 6) is -0.328. The molecule has 0 bridgehead atoms. The number of aromatic nitrogens is 2. The van der Waals surface area contributed by atoms with Gasteiger partial charge in [0.1, 0.15) is 0 Å². The second-order valence-electron chi connectivity index (χ2n) is 4.32. The highest BCUT2D eigenvalue weighted by Gasteiger charge is 2.09. The molecular formula is C12H20N4O2. The fraction of sp³-hybridized carbons (Fsp3) is 0.583. The van der Waals surface area contributed by atoms with E-state index >= 15 is 0 Å². The van der Waals surface area contributed by atoms with E-state index in [2.05, 4.69) is 20.0 Å². The van der Waals surface area contributed by atoms with E-state index in [1.807, 2.05) is 21.0 Å². The summed E-state index contributed by atoms with van der Waals surface area (Å²) >= 11 is 0. The topological polar surface area (TPSA) is 69.6 Å². The number of hydrogen-bond donors (Lipinski definition) is 1. The van der Waals surface area contributed by atoms with Gasteiger partial charge in [0.2, 0.25) is 0 Å². The molecule has 1 aromatic heterocycles. The van der Waals surface area contributed by atoms with Crippen molar-refractivity contribution >= 4 is 11.8 Å². The molecule has 0 aliphatic rings. The average Bonchev–Trinajstić information content (AvgIpc) is 2.34. The zero-order chi connectivity index (χ0) is 13.5. The molecule has 6 nitrogen and oxygen atoms in total. The quantitative estimate of drug-likeness (QED) is 0.779. The van der Waals surface area contributed by atoms with E-state index in [1.54, 1.807) is 6.07 Å². The highest BCUT2D eigenvalue weighted by Crippen LogP contribution is 2.09. The van der Waals surface area contributed by atoms with Gasteiger partial charge in [-0.2, -0.15) is 0 Å². The summed E-state index contributed by atoms with van der Waals surface area (Å²) in [6.07, 6.45) is 1.03. The Morgan fingerprint density at radius 1 is 1.28 bits per heavy atom. The lowest BCUT2D eigenvalue weighted by Gasteiger charge is -2.22. The summed E-state index contributed by atoms with van der Waals surface area (Å²) in [6.45, 7) is 4.77. The number of carboxylic acids is 1. The van der Waals surface area contributed by atoms with E-state index in [9.17, 15) is 4.79 Å². The van der Waals surface area contributed by atoms with Crippen molar-refractivity contribution in [1.82, 2.24) is 15.1 Å². The van der Waals surface area contributed by atoms with Crippen LogP contribution in [0.2, 0.25) is 0 Å². The summed E-state index contributed by atoms with van der Waals surface area (Å²) in [5.41, 5.74) is -0.0249. The second-order valence-corrected chi connectivity index (χ2v) is 4.32. The summed E-state index contributed by atoms with van der Waals surface area (Å²) in [5, 5.41) is 16.4. The van der Waals surface area contributed by atoms with Gasteiger partial charge in [0.05, 0.1) is 0 Å². The summed E-state index contributed by atoms with van der Waals surface area (Å²) in [6, 6.07) is 3.19. The fourth-order valence-corrected chi connectivity index (χ4v) is 1.62. The molecule has 0 radical (unpaired) electrons. The van der Waals surface area contributed by atoms with E-state index in [0.717, 1.165) is 31.9 Å². The minimum absolute atomic E-state index is 0.0249. The Kier molecular flexibility index (Phi) is 5.51. The molecule has 0 aromatic carbocycles. The Labute approximate surface area is 107 Å². The van der Waals surface area contributed by atoms with Crippen LogP contribution in [-0.2, 0) is 0 Å². The van der Waals surface area contributed by atoms with E-state index in [4.69, 9.17) is 5.11 Å². The molecule has 0 saturated carbocycles. The Bertz CT molecular complexity index is 378. The molecule has 1 rings (SSSR count). The molecule has 18 heavy (non-hydrogen) atoms. The Balaban J connectivity index is 2.61. The zero-order valence-corrected chi connectivity index (χ0v) is 11.1. The monoisotopic (exact) mass is 252 g/mol. The number of aromatic carboxylic acids is 1. The van der Waals surface area contributed by atoms with Gasteiger partial charge in [-0.1, -0.05) is 0 Å². The van der Waals surface area contributed by atoms with Crippen LogP contribution in [0.15, 0.2) is 12.1 Å². The smallest absolute Gasteiger partial charge is 0.356 e. The predicted molar refractivity (Wildman–Crippen MR) is 70.0 cm³/mol. The van der Waals surface area contributed by atoms with Crippen molar-refractivity contribution in [1.29, 1.82) is 0 Å². The highest BCUT2D eigenvalue weighted by atomic mass is 16.4. The third-order valence-electron chi connectivity index (χ3n) is 2.61. The van der Waals surface area contributed by atoms with Gasteiger partial charge >= 0.3 is 5.97 Å². The van der Waals surface area contributed by atoms with Crippen molar-refractivity contribution in [3.8, 4) is 0 Å². The van der Waals surface area contributed by atoms with Gasteiger partial charge in [0, 0.05) is 13.1 Å². The van der Waals surface area contributed by atoms with Crippen molar-refractivity contribution in [2.45, 2.75) is 13.3 Å². The lowest BCUT2D eigenvalue weighted by atomic mass is 10.3. The first-order valence-corrected chi connectivity index (χ1v) is 6.01. The lowest BCUT2D eigenvalue weighted by Crippen LogP contribution is -2.28. The van der Waals surface area contributed by atoms with E-state index in [-0.39, 0.29) is 5.69 Å². The highest BCUT2D eigenvalue weighted by molar-refractivity contribution is 5.85. The Morgan fingerprint density at radius 3 is 2.44 bits per heavy atom. The van der Waals surface area contributed by atoms with Crippen LogP contribution in [-0.4, -0.2) is 59.9 Å². The van der Waals surface area contributed by atoms with Crippen LogP contribution >= 0.6 is 0 Å². The third kappa shape index (κ3) is 4.29. The molecule has 1 N–H and O–H groups in total.